The summed E-state index contributed by atoms with van der Waals surface area (Å²) in [5, 5.41) is 39.2. The summed E-state index contributed by atoms with van der Waals surface area (Å²) in [6.45, 7) is 4.64. The van der Waals surface area contributed by atoms with Crippen LogP contribution in [0.15, 0.2) is 108 Å². The van der Waals surface area contributed by atoms with Crippen LogP contribution in [0.2, 0.25) is 0 Å². The number of nitrogens with zero attached hydrogens (tertiary/aromatic N) is 1. The molecule has 320 valence electrons. The van der Waals surface area contributed by atoms with Gasteiger partial charge in [0.2, 0.25) is 5.56 Å². The van der Waals surface area contributed by atoms with E-state index < -0.39 is 24.2 Å². The number of alkyl carbamates (subject to hydrolysis) is 1. The summed E-state index contributed by atoms with van der Waals surface area (Å²) in [5.41, 5.74) is 3.96. The van der Waals surface area contributed by atoms with E-state index in [-0.39, 0.29) is 30.6 Å². The molecule has 7 N–H and O–H groups in total. The van der Waals surface area contributed by atoms with Gasteiger partial charge in [0.1, 0.15) is 30.8 Å². The number of H-pyrrole nitrogens is 1. The second-order valence-corrected chi connectivity index (χ2v) is 15.7. The number of ether oxygens (including phenoxy) is 3. The molecule has 4 heterocycles. The van der Waals surface area contributed by atoms with Crippen molar-refractivity contribution in [3.05, 3.63) is 146 Å². The van der Waals surface area contributed by atoms with E-state index in [0.29, 0.717) is 65.8 Å². The number of pyridine rings is 1. The van der Waals surface area contributed by atoms with Crippen molar-refractivity contribution in [2.45, 2.75) is 57.0 Å². The molecule has 3 atom stereocenters. The van der Waals surface area contributed by atoms with Crippen LogP contribution < -0.4 is 36.8 Å². The molecule has 2 bridgehead atoms. The van der Waals surface area contributed by atoms with Crippen molar-refractivity contribution in [2.75, 3.05) is 45.9 Å². The van der Waals surface area contributed by atoms with Crippen molar-refractivity contribution in [2.24, 2.45) is 5.92 Å². The average molecular weight is 831 g/mol. The van der Waals surface area contributed by atoms with E-state index >= 15 is 0 Å². The minimum atomic E-state index is -0.765. The van der Waals surface area contributed by atoms with Crippen LogP contribution in [-0.4, -0.2) is 96.5 Å². The second-order valence-electron chi connectivity index (χ2n) is 15.7. The van der Waals surface area contributed by atoms with Crippen molar-refractivity contribution in [3.8, 4) is 5.75 Å². The van der Waals surface area contributed by atoms with Gasteiger partial charge in [0.15, 0.2) is 0 Å². The first-order chi connectivity index (χ1) is 29.7. The number of aromatic amines is 1. The fourth-order valence-electron chi connectivity index (χ4n) is 8.09. The molecule has 0 radical (unpaired) electrons. The summed E-state index contributed by atoms with van der Waals surface area (Å²) in [7, 11) is 0. The van der Waals surface area contributed by atoms with E-state index in [2.05, 4.69) is 25.8 Å². The number of amides is 1. The first-order valence-electron chi connectivity index (χ1n) is 20.9. The predicted molar refractivity (Wildman–Crippen MR) is 232 cm³/mol. The Balaban J connectivity index is 0.836. The lowest BCUT2D eigenvalue weighted by molar-refractivity contribution is -0.0336. The summed E-state index contributed by atoms with van der Waals surface area (Å²) in [6.07, 6.45) is 5.20. The Bertz CT molecular complexity index is 2360. The van der Waals surface area contributed by atoms with Crippen molar-refractivity contribution < 1.29 is 34.0 Å². The third kappa shape index (κ3) is 11.5. The molecule has 61 heavy (non-hydrogen) atoms. The number of fused-ring (bicyclic) bond motifs is 4. The number of hydrogen-bond acceptors (Lipinski definition) is 12. The van der Waals surface area contributed by atoms with Crippen LogP contribution >= 0.6 is 0 Å². The second kappa shape index (κ2) is 20.8. The third-order valence-corrected chi connectivity index (χ3v) is 11.5. The van der Waals surface area contributed by atoms with Crippen LogP contribution in [0.5, 0.6) is 5.75 Å². The van der Waals surface area contributed by atoms with Gasteiger partial charge < -0.3 is 50.8 Å². The van der Waals surface area contributed by atoms with Crippen LogP contribution in [0, 0.1) is 11.3 Å². The summed E-state index contributed by atoms with van der Waals surface area (Å²) < 4.78 is 17.6. The molecule has 3 aliphatic heterocycles. The van der Waals surface area contributed by atoms with Gasteiger partial charge in [-0.1, -0.05) is 54.6 Å². The Morgan fingerprint density at radius 1 is 0.951 bits per heavy atom. The van der Waals surface area contributed by atoms with Gasteiger partial charge >= 0.3 is 12.1 Å². The van der Waals surface area contributed by atoms with Crippen LogP contribution in [0.1, 0.15) is 65.2 Å². The molecule has 1 aromatic heterocycles. The Morgan fingerprint density at radius 3 is 2.49 bits per heavy atom. The van der Waals surface area contributed by atoms with E-state index in [1.54, 1.807) is 36.5 Å². The molecule has 14 heteroatoms. The zero-order valence-corrected chi connectivity index (χ0v) is 34.1. The Labute approximate surface area is 354 Å². The number of rotatable bonds is 19. The SMILES string of the molecule is N=C/C(=C\NCCCNCC(O)C1=c2ccc(=O)[nH]c2=C(O)CC1)COC(=O)c1ccc(COc2cccc(C(NC(=O)OC3CN4CCC3CC4)c3ccccc3)c2)cc1. The maximum absolute atomic E-state index is 13.2. The van der Waals surface area contributed by atoms with E-state index in [9.17, 15) is 24.6 Å². The number of aliphatic hydroxyl groups excluding tert-OH is 2. The highest BCUT2D eigenvalue weighted by atomic mass is 16.6. The number of aromatic nitrogens is 1. The maximum atomic E-state index is 13.2. The number of esters is 1. The lowest BCUT2D eigenvalue weighted by Gasteiger charge is -2.43. The normalized spacial score (nSPS) is 19.3. The molecule has 0 spiro atoms. The monoisotopic (exact) mass is 830 g/mol. The average Bonchev–Trinajstić information content (AvgIpc) is 3.29. The molecule has 3 saturated heterocycles. The zero-order chi connectivity index (χ0) is 42.6. The smallest absolute Gasteiger partial charge is 0.408 e. The Hall–Kier alpha value is -6.22. The van der Waals surface area contributed by atoms with Crippen molar-refractivity contribution >= 4 is 29.6 Å². The molecule has 1 amide bonds. The summed E-state index contributed by atoms with van der Waals surface area (Å²) in [4.78, 5) is 42.8. The van der Waals surface area contributed by atoms with E-state index in [1.807, 2.05) is 54.6 Å². The van der Waals surface area contributed by atoms with Gasteiger partial charge in [0.25, 0.3) is 0 Å². The Kier molecular flexibility index (Phi) is 14.7. The summed E-state index contributed by atoms with van der Waals surface area (Å²) in [6, 6.07) is 27.0. The van der Waals surface area contributed by atoms with Gasteiger partial charge in [-0.05, 0) is 104 Å². The summed E-state index contributed by atoms with van der Waals surface area (Å²) in [5.74, 6) is 0.647. The number of carbonyl (C=O) groups is 2. The number of carbonyl (C=O) groups excluding carboxylic acids is 2. The van der Waals surface area contributed by atoms with E-state index in [0.717, 1.165) is 67.4 Å². The van der Waals surface area contributed by atoms with Gasteiger partial charge in [-0.3, -0.25) is 9.69 Å². The van der Waals surface area contributed by atoms with Crippen molar-refractivity contribution in [1.82, 2.24) is 25.8 Å². The molecule has 14 nitrogen and oxygen atoms in total. The first-order valence-corrected chi connectivity index (χ1v) is 20.9. The first kappa shape index (κ1) is 42.9. The van der Waals surface area contributed by atoms with E-state index in [1.165, 1.54) is 6.07 Å². The lowest BCUT2D eigenvalue weighted by Crippen LogP contribution is -2.52. The molecule has 3 aromatic carbocycles. The molecule has 8 rings (SSSR count). The minimum absolute atomic E-state index is 0.0738. The number of nitrogens with one attached hydrogen (secondary N) is 5. The fraction of sp³-hybridized carbons (Fsp3) is 0.362. The highest BCUT2D eigenvalue weighted by Gasteiger charge is 2.37. The molecule has 4 aliphatic rings. The van der Waals surface area contributed by atoms with Gasteiger partial charge in [-0.15, -0.1) is 0 Å². The van der Waals surface area contributed by atoms with Crippen LogP contribution in [0.3, 0.4) is 0 Å². The number of aliphatic hydroxyl groups is 2. The predicted octanol–water partition coefficient (Wildman–Crippen LogP) is 3.80. The van der Waals surface area contributed by atoms with Crippen LogP contribution in [-0.2, 0) is 16.1 Å². The van der Waals surface area contributed by atoms with Crippen LogP contribution in [0.25, 0.3) is 11.3 Å². The lowest BCUT2D eigenvalue weighted by atomic mass is 9.86. The third-order valence-electron chi connectivity index (χ3n) is 11.5. The molecule has 1 aliphatic carbocycles. The van der Waals surface area contributed by atoms with Gasteiger partial charge in [-0.25, -0.2) is 9.59 Å². The molecule has 3 unspecified atom stereocenters. The number of hydrogen-bond donors (Lipinski definition) is 7. The fourth-order valence-corrected chi connectivity index (χ4v) is 8.09. The molecule has 0 saturated carbocycles. The standard InChI is InChI=1S/C47H54N6O8/c48-25-32(26-49-20-5-21-50-27-41(55)38-14-16-40(54)45-39(38)15-17-43(56)51-45)30-60-46(57)35-12-10-31(11-13-35)29-59-37-9-4-8-36(24-37)44(34-6-2-1-3-7-34)52-47(58)61-42-28-53-22-18-33(42)19-23-53/h1-4,6-13,15,17,24-26,33,41-42,44,48-50,54-55H,5,14,16,18-23,27-30H2,(H,51,56)(H,52,58)/b32-26+,48-25?. The highest BCUT2D eigenvalue weighted by molar-refractivity contribution is 5.90. The largest absolute Gasteiger partial charge is 0.510 e. The van der Waals surface area contributed by atoms with Gasteiger partial charge in [-0.2, -0.15) is 0 Å². The Morgan fingerprint density at radius 2 is 1.74 bits per heavy atom. The topological polar surface area (TPSA) is 198 Å². The molecule has 4 aromatic rings. The van der Waals surface area contributed by atoms with E-state index in [4.69, 9.17) is 19.6 Å². The number of piperidine rings is 3. The summed E-state index contributed by atoms with van der Waals surface area (Å²) >= 11 is 0. The molecule has 3 fully saturated rings. The quantitative estimate of drug-likeness (QED) is 0.0413. The zero-order valence-electron chi connectivity index (χ0n) is 34.1. The van der Waals surface area contributed by atoms with Gasteiger partial charge in [0.05, 0.1) is 23.1 Å². The van der Waals surface area contributed by atoms with Crippen molar-refractivity contribution in [3.63, 3.8) is 0 Å². The molecular formula is C47H54N6O8. The van der Waals surface area contributed by atoms with Gasteiger partial charge in [0, 0.05) is 55.3 Å². The van der Waals surface area contributed by atoms with Crippen molar-refractivity contribution in [1.29, 1.82) is 5.41 Å². The minimum Gasteiger partial charge on any atom is -0.510 e. The molecular weight excluding hydrogens is 777 g/mol. The number of benzene rings is 3. The van der Waals surface area contributed by atoms with Crippen LogP contribution in [0.4, 0.5) is 4.79 Å². The maximum Gasteiger partial charge on any atom is 0.408 e. The highest BCUT2D eigenvalue weighted by Crippen LogP contribution is 2.31.